The number of aliphatic carboxylic acids is 1. The van der Waals surface area contributed by atoms with Crippen LogP contribution in [0.2, 0.25) is 0 Å². The Morgan fingerprint density at radius 2 is 1.68 bits per heavy atom. The average Bonchev–Trinajstić information content (AvgIpc) is 2.69. The number of benzene rings is 3. The zero-order valence-electron chi connectivity index (χ0n) is 15.7. The monoisotopic (exact) mass is 370 g/mol. The second-order valence-electron chi connectivity index (χ2n) is 6.69. The summed E-state index contributed by atoms with van der Waals surface area (Å²) < 4.78 is 0. The lowest BCUT2D eigenvalue weighted by atomic mass is 9.95. The summed E-state index contributed by atoms with van der Waals surface area (Å²) in [6.45, 7) is 5.50. The van der Waals surface area contributed by atoms with Gasteiger partial charge in [-0.05, 0) is 58.5 Å². The van der Waals surface area contributed by atoms with Crippen LogP contribution in [0.4, 0.5) is 0 Å². The van der Waals surface area contributed by atoms with E-state index in [4.69, 9.17) is 0 Å². The third kappa shape index (κ3) is 4.38. The summed E-state index contributed by atoms with van der Waals surface area (Å²) in [7, 11) is 0. The molecule has 0 fully saturated rings. The van der Waals surface area contributed by atoms with Crippen molar-refractivity contribution in [2.45, 2.75) is 13.3 Å². The summed E-state index contributed by atoms with van der Waals surface area (Å²) >= 11 is 0. The minimum absolute atomic E-state index is 0.158. The molecule has 2 N–H and O–H groups in total. The van der Waals surface area contributed by atoms with E-state index in [2.05, 4.69) is 6.58 Å². The first-order chi connectivity index (χ1) is 13.5. The van der Waals surface area contributed by atoms with Gasteiger partial charge >= 0.3 is 5.97 Å². The molecule has 0 saturated carbocycles. The number of aryl methyl sites for hydroxylation is 1. The molecule has 140 valence electrons. The van der Waals surface area contributed by atoms with Gasteiger partial charge in [0.05, 0.1) is 5.57 Å². The van der Waals surface area contributed by atoms with Crippen LogP contribution < -0.4 is 0 Å². The van der Waals surface area contributed by atoms with E-state index in [1.165, 1.54) is 6.08 Å². The molecule has 3 nitrogen and oxygen atoms in total. The topological polar surface area (TPSA) is 57.5 Å². The lowest BCUT2D eigenvalue weighted by Crippen LogP contribution is -1.97. The van der Waals surface area contributed by atoms with Crippen LogP contribution in [-0.2, 0) is 11.2 Å². The van der Waals surface area contributed by atoms with Crippen molar-refractivity contribution >= 4 is 12.0 Å². The van der Waals surface area contributed by atoms with Gasteiger partial charge < -0.3 is 10.2 Å². The Kier molecular flexibility index (Phi) is 5.75. The summed E-state index contributed by atoms with van der Waals surface area (Å²) in [5.41, 5.74) is 5.98. The van der Waals surface area contributed by atoms with Crippen molar-refractivity contribution in [2.24, 2.45) is 0 Å². The zero-order valence-corrected chi connectivity index (χ0v) is 15.7. The first-order valence-electron chi connectivity index (χ1n) is 9.02. The van der Waals surface area contributed by atoms with Gasteiger partial charge in [0.25, 0.3) is 0 Å². The lowest BCUT2D eigenvalue weighted by Gasteiger charge is -2.10. The van der Waals surface area contributed by atoms with Gasteiger partial charge in [0.1, 0.15) is 5.75 Å². The highest BCUT2D eigenvalue weighted by atomic mass is 16.4. The second kappa shape index (κ2) is 8.40. The van der Waals surface area contributed by atoms with Gasteiger partial charge in [-0.3, -0.25) is 0 Å². The number of phenolic OH excluding ortho intramolecular Hbond substituents is 1. The van der Waals surface area contributed by atoms with Crippen molar-refractivity contribution in [1.29, 1.82) is 0 Å². The molecule has 3 aromatic rings. The number of carbonyl (C=O) groups is 1. The molecule has 3 heteroatoms. The van der Waals surface area contributed by atoms with E-state index in [9.17, 15) is 15.0 Å². The van der Waals surface area contributed by atoms with Crippen molar-refractivity contribution in [3.05, 3.63) is 107 Å². The van der Waals surface area contributed by atoms with Crippen molar-refractivity contribution < 1.29 is 15.0 Å². The highest BCUT2D eigenvalue weighted by Gasteiger charge is 2.08. The van der Waals surface area contributed by atoms with Crippen LogP contribution in [0, 0.1) is 6.92 Å². The maximum Gasteiger partial charge on any atom is 0.335 e. The number of hydrogen-bond donors (Lipinski definition) is 2. The molecule has 28 heavy (non-hydrogen) atoms. The number of carboxylic acid groups (broad SMARTS) is 1. The fourth-order valence-electron chi connectivity index (χ4n) is 3.12. The molecule has 0 unspecified atom stereocenters. The Bertz CT molecular complexity index is 1050. The fraction of sp³-hybridized carbons (Fsp3) is 0.0800. The largest absolute Gasteiger partial charge is 0.508 e. The number of aromatic hydroxyl groups is 1. The van der Waals surface area contributed by atoms with Gasteiger partial charge in [0.2, 0.25) is 0 Å². The standard InChI is InChI=1S/C25H22O3/c1-3-19(25(27)28)15-20-9-10-21(13-17(20)2)22-11-12-24(26)23(16-22)14-18-7-5-4-6-8-18/h3-13,15-16,26H,1,14H2,2H3,(H,27,28)/b19-15+. The third-order valence-electron chi connectivity index (χ3n) is 4.70. The molecule has 0 heterocycles. The highest BCUT2D eigenvalue weighted by molar-refractivity contribution is 5.95. The Morgan fingerprint density at radius 1 is 1.00 bits per heavy atom. The Labute approximate surface area is 164 Å². The minimum Gasteiger partial charge on any atom is -0.508 e. The van der Waals surface area contributed by atoms with Crippen LogP contribution in [0.25, 0.3) is 17.2 Å². The molecule has 0 bridgehead atoms. The van der Waals surface area contributed by atoms with Crippen LogP contribution in [0.3, 0.4) is 0 Å². The Hall–Kier alpha value is -3.59. The molecule has 0 atom stereocenters. The average molecular weight is 370 g/mol. The van der Waals surface area contributed by atoms with E-state index in [1.54, 1.807) is 12.1 Å². The zero-order chi connectivity index (χ0) is 20.1. The van der Waals surface area contributed by atoms with Gasteiger partial charge in [-0.15, -0.1) is 0 Å². The normalized spacial score (nSPS) is 11.2. The molecule has 0 radical (unpaired) electrons. The number of rotatable bonds is 6. The van der Waals surface area contributed by atoms with Gasteiger partial charge in [-0.2, -0.15) is 0 Å². The number of carboxylic acids is 1. The first kappa shape index (κ1) is 19.2. The van der Waals surface area contributed by atoms with Gasteiger partial charge in [-0.25, -0.2) is 4.79 Å². The van der Waals surface area contributed by atoms with E-state index in [1.807, 2.05) is 67.6 Å². The van der Waals surface area contributed by atoms with Crippen LogP contribution in [-0.4, -0.2) is 16.2 Å². The molecule has 0 spiro atoms. The summed E-state index contributed by atoms with van der Waals surface area (Å²) in [6.07, 6.45) is 3.61. The Balaban J connectivity index is 1.94. The molecular formula is C25H22O3. The predicted molar refractivity (Wildman–Crippen MR) is 113 cm³/mol. The molecule has 0 saturated heterocycles. The molecule has 0 aliphatic heterocycles. The molecule has 0 aliphatic rings. The maximum atomic E-state index is 11.2. The maximum absolute atomic E-state index is 11.2. The molecule has 0 amide bonds. The van der Waals surface area contributed by atoms with E-state index in [0.29, 0.717) is 6.42 Å². The number of phenols is 1. The fourth-order valence-corrected chi connectivity index (χ4v) is 3.12. The van der Waals surface area contributed by atoms with E-state index >= 15 is 0 Å². The van der Waals surface area contributed by atoms with Crippen LogP contribution in [0.15, 0.2) is 85.0 Å². The SMILES string of the molecule is C=C/C(=C\c1ccc(-c2ccc(O)c(Cc3ccccc3)c2)cc1C)C(=O)O. The van der Waals surface area contributed by atoms with E-state index < -0.39 is 5.97 Å². The van der Waals surface area contributed by atoms with Crippen molar-refractivity contribution in [3.8, 4) is 16.9 Å². The van der Waals surface area contributed by atoms with Crippen LogP contribution >= 0.6 is 0 Å². The van der Waals surface area contributed by atoms with Crippen molar-refractivity contribution in [2.75, 3.05) is 0 Å². The predicted octanol–water partition coefficient (Wildman–Crippen LogP) is 5.61. The van der Waals surface area contributed by atoms with E-state index in [-0.39, 0.29) is 11.3 Å². The minimum atomic E-state index is -0.998. The third-order valence-corrected chi connectivity index (χ3v) is 4.70. The summed E-state index contributed by atoms with van der Waals surface area (Å²) in [6, 6.07) is 21.5. The molecule has 3 aromatic carbocycles. The number of hydrogen-bond acceptors (Lipinski definition) is 2. The molecule has 0 aromatic heterocycles. The molecule has 0 aliphatic carbocycles. The van der Waals surface area contributed by atoms with Crippen LogP contribution in [0.5, 0.6) is 5.75 Å². The molecule has 3 rings (SSSR count). The van der Waals surface area contributed by atoms with Crippen LogP contribution in [0.1, 0.15) is 22.3 Å². The smallest absolute Gasteiger partial charge is 0.335 e. The summed E-state index contributed by atoms with van der Waals surface area (Å²) in [4.78, 5) is 11.2. The lowest BCUT2D eigenvalue weighted by molar-refractivity contribution is -0.132. The quantitative estimate of drug-likeness (QED) is 0.438. The van der Waals surface area contributed by atoms with Crippen molar-refractivity contribution in [3.63, 3.8) is 0 Å². The van der Waals surface area contributed by atoms with Gasteiger partial charge in [0.15, 0.2) is 0 Å². The summed E-state index contributed by atoms with van der Waals surface area (Å²) in [5, 5.41) is 19.4. The second-order valence-corrected chi connectivity index (χ2v) is 6.69. The van der Waals surface area contributed by atoms with Gasteiger partial charge in [-0.1, -0.05) is 67.3 Å². The van der Waals surface area contributed by atoms with Gasteiger partial charge in [0, 0.05) is 6.42 Å². The molecular weight excluding hydrogens is 348 g/mol. The highest BCUT2D eigenvalue weighted by Crippen LogP contribution is 2.29. The van der Waals surface area contributed by atoms with Crippen molar-refractivity contribution in [1.82, 2.24) is 0 Å². The summed E-state index contributed by atoms with van der Waals surface area (Å²) in [5.74, 6) is -0.719. The first-order valence-corrected chi connectivity index (χ1v) is 9.02. The van der Waals surface area contributed by atoms with E-state index in [0.717, 1.165) is 33.4 Å². The Morgan fingerprint density at radius 3 is 2.32 bits per heavy atom.